The van der Waals surface area contributed by atoms with Crippen molar-refractivity contribution in [3.05, 3.63) is 0 Å². The molecule has 0 aromatic heterocycles. The topological polar surface area (TPSA) is 150 Å². The number of hydrogen-bond acceptors (Lipinski definition) is 6. The fraction of sp³-hybridized carbons (Fsp3) is 0.900. The fourth-order valence-corrected chi connectivity index (χ4v) is 0.716. The Kier molecular flexibility index (Phi) is 20.1. The van der Waals surface area contributed by atoms with Crippen molar-refractivity contribution in [3.63, 3.8) is 0 Å². The molecule has 8 nitrogen and oxygen atoms in total. The maximum absolute atomic E-state index is 9.76. The molecule has 0 heterocycles. The molecule has 0 spiro atoms. The Bertz CT molecular complexity index is 201. The van der Waals surface area contributed by atoms with E-state index in [-0.39, 0.29) is 30.8 Å². The van der Waals surface area contributed by atoms with Gasteiger partial charge in [0.15, 0.2) is 6.29 Å². The van der Waals surface area contributed by atoms with Gasteiger partial charge in [-0.1, -0.05) is 0 Å². The lowest BCUT2D eigenvalue weighted by molar-refractivity contribution is -0.870. The third-order valence-corrected chi connectivity index (χ3v) is 1.84. The SMILES string of the molecule is C[N+](C)(C)CCO.O.O=CC(O)C(O)C(O)CO.[Cl-]. The second-order valence-electron chi connectivity index (χ2n) is 4.60. The molecule has 0 rings (SSSR count). The molecular weight excluding hydrogens is 282 g/mol. The monoisotopic (exact) mass is 307 g/mol. The van der Waals surface area contributed by atoms with Crippen LogP contribution in [0.5, 0.6) is 0 Å². The zero-order valence-corrected chi connectivity index (χ0v) is 12.2. The van der Waals surface area contributed by atoms with Crippen LogP contribution in [-0.4, -0.2) is 101 Å². The number of aldehydes is 1. The van der Waals surface area contributed by atoms with Crippen molar-refractivity contribution in [1.29, 1.82) is 0 Å². The number of carbonyl (C=O) groups excluding carboxylic acids is 1. The Morgan fingerprint density at radius 2 is 1.53 bits per heavy atom. The second-order valence-corrected chi connectivity index (χ2v) is 4.60. The molecule has 0 bridgehead atoms. The van der Waals surface area contributed by atoms with Crippen LogP contribution >= 0.6 is 0 Å². The minimum atomic E-state index is -1.64. The largest absolute Gasteiger partial charge is 1.00 e. The molecule has 0 amide bonds. The van der Waals surface area contributed by atoms with Crippen molar-refractivity contribution < 1.29 is 52.7 Å². The summed E-state index contributed by atoms with van der Waals surface area (Å²) in [6, 6.07) is 0. The minimum absolute atomic E-state index is 0. The van der Waals surface area contributed by atoms with Crippen LogP contribution in [0.25, 0.3) is 0 Å². The molecule has 3 atom stereocenters. The first-order valence-electron chi connectivity index (χ1n) is 5.21. The first-order valence-corrected chi connectivity index (χ1v) is 5.21. The van der Waals surface area contributed by atoms with E-state index in [9.17, 15) is 4.79 Å². The summed E-state index contributed by atoms with van der Waals surface area (Å²) in [4.78, 5) is 9.76. The van der Waals surface area contributed by atoms with Crippen LogP contribution < -0.4 is 12.4 Å². The Balaban J connectivity index is -0.000000112. The van der Waals surface area contributed by atoms with Crippen LogP contribution in [0.2, 0.25) is 0 Å². The maximum Gasteiger partial charge on any atom is 0.151 e. The molecule has 0 fully saturated rings. The van der Waals surface area contributed by atoms with Crippen molar-refractivity contribution in [2.24, 2.45) is 0 Å². The van der Waals surface area contributed by atoms with Gasteiger partial charge in [-0.3, -0.25) is 0 Å². The van der Waals surface area contributed by atoms with Gasteiger partial charge in [-0.15, -0.1) is 0 Å². The summed E-state index contributed by atoms with van der Waals surface area (Å²) in [5.74, 6) is 0. The number of aliphatic hydroxyl groups excluding tert-OH is 5. The van der Waals surface area contributed by atoms with Gasteiger partial charge in [-0.2, -0.15) is 0 Å². The molecule has 0 aliphatic carbocycles. The first kappa shape index (κ1) is 27.1. The smallest absolute Gasteiger partial charge is 0.151 e. The Morgan fingerprint density at radius 1 is 1.11 bits per heavy atom. The lowest BCUT2D eigenvalue weighted by Crippen LogP contribution is -3.00. The molecule has 0 aliphatic rings. The molecule has 7 N–H and O–H groups in total. The Hall–Kier alpha value is -0.320. The van der Waals surface area contributed by atoms with Crippen molar-refractivity contribution in [3.8, 4) is 0 Å². The van der Waals surface area contributed by atoms with Crippen molar-refractivity contribution >= 4 is 6.29 Å². The lowest BCUT2D eigenvalue weighted by atomic mass is 10.1. The molecule has 0 aromatic rings. The van der Waals surface area contributed by atoms with E-state index in [0.29, 0.717) is 0 Å². The number of aliphatic hydroxyl groups is 5. The zero-order chi connectivity index (χ0) is 14.1. The molecule has 0 aliphatic heterocycles. The van der Waals surface area contributed by atoms with E-state index in [1.807, 2.05) is 0 Å². The number of halogens is 1. The summed E-state index contributed by atoms with van der Waals surface area (Å²) >= 11 is 0. The Labute approximate surface area is 119 Å². The molecule has 0 radical (unpaired) electrons. The average molecular weight is 308 g/mol. The minimum Gasteiger partial charge on any atom is -1.00 e. The number of quaternary nitrogens is 1. The van der Waals surface area contributed by atoms with Crippen LogP contribution in [0.1, 0.15) is 0 Å². The molecule has 9 heteroatoms. The molecule has 0 saturated carbocycles. The number of likely N-dealkylation sites (N-methyl/N-ethyl adjacent to an activating group) is 1. The summed E-state index contributed by atoms with van der Waals surface area (Å²) in [7, 11) is 6.16. The number of hydrogen-bond donors (Lipinski definition) is 5. The number of nitrogens with zero attached hydrogens (tertiary/aromatic N) is 1. The van der Waals surface area contributed by atoms with Gasteiger partial charge in [-0.05, 0) is 0 Å². The van der Waals surface area contributed by atoms with Crippen LogP contribution in [0.3, 0.4) is 0 Å². The van der Waals surface area contributed by atoms with Crippen molar-refractivity contribution in [2.75, 3.05) is 40.9 Å². The highest BCUT2D eigenvalue weighted by molar-refractivity contribution is 5.56. The van der Waals surface area contributed by atoms with Gasteiger partial charge >= 0.3 is 0 Å². The van der Waals surface area contributed by atoms with E-state index < -0.39 is 24.9 Å². The maximum atomic E-state index is 9.76. The predicted molar refractivity (Wildman–Crippen MR) is 64.8 cm³/mol. The average Bonchev–Trinajstić information content (AvgIpc) is 2.25. The first-order chi connectivity index (χ1) is 7.69. The molecule has 0 aromatic carbocycles. The zero-order valence-electron chi connectivity index (χ0n) is 11.4. The summed E-state index contributed by atoms with van der Waals surface area (Å²) in [6.07, 6.45) is -4.63. The molecule has 19 heavy (non-hydrogen) atoms. The third kappa shape index (κ3) is 17.7. The van der Waals surface area contributed by atoms with Crippen molar-refractivity contribution in [2.45, 2.75) is 18.3 Å². The molecule has 3 unspecified atom stereocenters. The normalized spacial score (nSPS) is 14.7. The standard InChI is InChI=1S/C5H14NO.C5H10O5.ClH.H2O/c1-6(2,3)4-5-7;6-1-3(8)5(10)4(9)2-7;;/h7H,4-5H2,1-3H3;1,3-5,7-10H,2H2;1H;1H2/q+1;;;/p-1. The van der Waals surface area contributed by atoms with E-state index in [1.165, 1.54) is 0 Å². The quantitative estimate of drug-likeness (QED) is 0.243. The fourth-order valence-electron chi connectivity index (χ4n) is 0.716. The van der Waals surface area contributed by atoms with E-state index in [0.717, 1.165) is 11.0 Å². The Morgan fingerprint density at radius 3 is 1.68 bits per heavy atom. The van der Waals surface area contributed by atoms with Crippen LogP contribution in [0, 0.1) is 0 Å². The summed E-state index contributed by atoms with van der Waals surface area (Å²) in [5.41, 5.74) is 0. The highest BCUT2D eigenvalue weighted by Crippen LogP contribution is 1.96. The van der Waals surface area contributed by atoms with Gasteiger partial charge in [0.05, 0.1) is 34.4 Å². The predicted octanol–water partition coefficient (Wildman–Crippen LogP) is -6.88. The van der Waals surface area contributed by atoms with Gasteiger partial charge in [-0.25, -0.2) is 0 Å². The van der Waals surface area contributed by atoms with Crippen LogP contribution in [-0.2, 0) is 4.79 Å². The number of rotatable bonds is 6. The van der Waals surface area contributed by atoms with Crippen molar-refractivity contribution in [1.82, 2.24) is 0 Å². The van der Waals surface area contributed by atoms with Gasteiger partial charge in [0.25, 0.3) is 0 Å². The van der Waals surface area contributed by atoms with Crippen LogP contribution in [0.15, 0.2) is 0 Å². The highest BCUT2D eigenvalue weighted by Gasteiger charge is 2.22. The van der Waals surface area contributed by atoms with Gasteiger partial charge in [0.1, 0.15) is 24.9 Å². The van der Waals surface area contributed by atoms with Gasteiger partial charge < -0.3 is 52.7 Å². The van der Waals surface area contributed by atoms with E-state index in [4.69, 9.17) is 25.5 Å². The van der Waals surface area contributed by atoms with E-state index >= 15 is 0 Å². The third-order valence-electron chi connectivity index (χ3n) is 1.84. The summed E-state index contributed by atoms with van der Waals surface area (Å²) in [5, 5.41) is 42.4. The van der Waals surface area contributed by atoms with E-state index in [1.54, 1.807) is 0 Å². The van der Waals surface area contributed by atoms with Gasteiger partial charge in [0, 0.05) is 0 Å². The molecule has 0 saturated heterocycles. The molecule has 120 valence electrons. The molecular formula is C10H26ClNO7. The summed E-state index contributed by atoms with van der Waals surface area (Å²) < 4.78 is 0.844. The van der Waals surface area contributed by atoms with Gasteiger partial charge in [0.2, 0.25) is 0 Å². The van der Waals surface area contributed by atoms with Crippen LogP contribution in [0.4, 0.5) is 0 Å². The van der Waals surface area contributed by atoms with E-state index in [2.05, 4.69) is 21.1 Å². The second kappa shape index (κ2) is 14.1. The number of carbonyl (C=O) groups is 1. The highest BCUT2D eigenvalue weighted by atomic mass is 35.5. The summed E-state index contributed by atoms with van der Waals surface area (Å²) in [6.45, 7) is 0.426. The lowest BCUT2D eigenvalue weighted by Gasteiger charge is -2.21.